The summed E-state index contributed by atoms with van der Waals surface area (Å²) in [5.41, 5.74) is 4.97. The van der Waals surface area contributed by atoms with Crippen LogP contribution in [0.2, 0.25) is 0 Å². The molecule has 9 nitrogen and oxygen atoms in total. The number of pyridine rings is 1. The van der Waals surface area contributed by atoms with Gasteiger partial charge < -0.3 is 23.9 Å². The first-order chi connectivity index (χ1) is 21.9. The summed E-state index contributed by atoms with van der Waals surface area (Å²) in [6.07, 6.45) is 4.81. The van der Waals surface area contributed by atoms with Gasteiger partial charge in [0.05, 0.1) is 47.4 Å². The molecule has 9 heteroatoms. The van der Waals surface area contributed by atoms with Gasteiger partial charge in [-0.2, -0.15) is 0 Å². The lowest BCUT2D eigenvalue weighted by Crippen LogP contribution is -2.43. The molecule has 8 rings (SSSR count). The van der Waals surface area contributed by atoms with E-state index in [9.17, 15) is 9.90 Å². The lowest BCUT2D eigenvalue weighted by atomic mass is 9.85. The van der Waals surface area contributed by atoms with Crippen molar-refractivity contribution in [2.45, 2.75) is 57.3 Å². The van der Waals surface area contributed by atoms with E-state index in [1.807, 2.05) is 43.5 Å². The van der Waals surface area contributed by atoms with Gasteiger partial charge in [-0.3, -0.25) is 9.88 Å². The van der Waals surface area contributed by atoms with Gasteiger partial charge in [-0.05, 0) is 80.7 Å². The molecule has 5 heterocycles. The van der Waals surface area contributed by atoms with Crippen LogP contribution >= 0.6 is 0 Å². The fraction of sp³-hybridized carbons (Fsp3) is 0.361. The summed E-state index contributed by atoms with van der Waals surface area (Å²) >= 11 is 0. The molecule has 5 aromatic rings. The fourth-order valence-electron chi connectivity index (χ4n) is 7.06. The van der Waals surface area contributed by atoms with Crippen LogP contribution in [0.5, 0.6) is 5.75 Å². The number of aromatic nitrogens is 3. The first kappa shape index (κ1) is 28.2. The smallest absolute Gasteiger partial charge is 0.335 e. The molecule has 2 aromatic heterocycles. The van der Waals surface area contributed by atoms with E-state index >= 15 is 0 Å². The summed E-state index contributed by atoms with van der Waals surface area (Å²) in [6.45, 7) is 6.00. The summed E-state index contributed by atoms with van der Waals surface area (Å²) in [7, 11) is 0. The normalized spacial score (nSPS) is 23.8. The Morgan fingerprint density at radius 2 is 1.82 bits per heavy atom. The Kier molecular flexibility index (Phi) is 7.04. The van der Waals surface area contributed by atoms with Crippen molar-refractivity contribution in [2.75, 3.05) is 19.7 Å². The summed E-state index contributed by atoms with van der Waals surface area (Å²) < 4.78 is 21.4. The van der Waals surface area contributed by atoms with Gasteiger partial charge in [0, 0.05) is 36.2 Å². The zero-order valence-electron chi connectivity index (χ0n) is 25.3. The average molecular weight is 605 g/mol. The fourth-order valence-corrected chi connectivity index (χ4v) is 7.06. The quantitative estimate of drug-likeness (QED) is 0.231. The zero-order valence-corrected chi connectivity index (χ0v) is 25.3. The number of nitrogens with zero attached hydrogens (tertiary/aromatic N) is 4. The Bertz CT molecular complexity index is 1890. The molecule has 3 aliphatic rings. The van der Waals surface area contributed by atoms with Crippen molar-refractivity contribution in [3.05, 3.63) is 102 Å². The number of fused-ring (bicyclic) bond motifs is 3. The SMILES string of the molecule is CC1(c2ccc3ncccc3c2)Oc2ccccc2C(C2CCN(Cc3nc4ccc(C(=O)O)cc4n3C[C@@H]3CCO3)CC2)O1. The van der Waals surface area contributed by atoms with Crippen LogP contribution < -0.4 is 4.74 Å². The van der Waals surface area contributed by atoms with Gasteiger partial charge in [0.25, 0.3) is 0 Å². The minimum Gasteiger partial charge on any atom is -0.478 e. The van der Waals surface area contributed by atoms with Gasteiger partial charge >= 0.3 is 5.97 Å². The maximum atomic E-state index is 11.7. The molecule has 0 saturated carbocycles. The number of carboxylic acids is 1. The lowest BCUT2D eigenvalue weighted by Gasteiger charge is -2.45. The maximum absolute atomic E-state index is 11.7. The second-order valence-electron chi connectivity index (χ2n) is 12.6. The van der Waals surface area contributed by atoms with Crippen LogP contribution in [0.15, 0.2) is 79.0 Å². The second-order valence-corrected chi connectivity index (χ2v) is 12.6. The van der Waals surface area contributed by atoms with E-state index < -0.39 is 11.8 Å². The number of benzene rings is 3. The van der Waals surface area contributed by atoms with Crippen molar-refractivity contribution >= 4 is 27.9 Å². The van der Waals surface area contributed by atoms with E-state index in [0.29, 0.717) is 19.0 Å². The molecule has 0 radical (unpaired) electrons. The number of para-hydroxylation sites is 1. The molecule has 2 saturated heterocycles. The highest BCUT2D eigenvalue weighted by Gasteiger charge is 2.43. The largest absolute Gasteiger partial charge is 0.478 e. The number of carboxylic acid groups (broad SMARTS) is 1. The molecule has 230 valence electrons. The number of likely N-dealkylation sites (tertiary alicyclic amines) is 1. The van der Waals surface area contributed by atoms with E-state index in [-0.39, 0.29) is 17.8 Å². The molecule has 0 amide bonds. The highest BCUT2D eigenvalue weighted by Crippen LogP contribution is 2.48. The first-order valence-corrected chi connectivity index (χ1v) is 15.8. The highest BCUT2D eigenvalue weighted by molar-refractivity contribution is 5.92. The van der Waals surface area contributed by atoms with Crippen molar-refractivity contribution in [3.8, 4) is 5.75 Å². The van der Waals surface area contributed by atoms with E-state index in [4.69, 9.17) is 19.2 Å². The van der Waals surface area contributed by atoms with Crippen molar-refractivity contribution in [1.82, 2.24) is 19.4 Å². The second kappa shape index (κ2) is 11.2. The Labute approximate surface area is 261 Å². The number of rotatable bonds is 7. The molecule has 1 N–H and O–H groups in total. The standard InChI is InChI=1S/C36H36N4O5/c1-36(26-9-11-29-24(19-26)5-4-15-37-29)44-32-7-3-2-6-28(32)34(45-36)23-12-16-39(17-13-23)22-33-38-30-10-8-25(35(41)42)20-31(30)40(33)21-27-14-18-43-27/h2-11,15,19-20,23,27,34H,12-14,16-18,21-22H2,1H3,(H,41,42)/t27-,34?,36?/m0/s1. The molecular formula is C36H36N4O5. The lowest BCUT2D eigenvalue weighted by molar-refractivity contribution is -0.242. The molecule has 3 aromatic carbocycles. The number of hydrogen-bond acceptors (Lipinski definition) is 7. The van der Waals surface area contributed by atoms with Gasteiger partial charge in [0.15, 0.2) is 0 Å². The molecule has 2 unspecified atom stereocenters. The van der Waals surface area contributed by atoms with E-state index in [1.165, 1.54) is 0 Å². The van der Waals surface area contributed by atoms with Crippen molar-refractivity contribution in [1.29, 1.82) is 0 Å². The molecule has 3 aliphatic heterocycles. The van der Waals surface area contributed by atoms with Crippen molar-refractivity contribution < 1.29 is 24.1 Å². The molecule has 3 atom stereocenters. The number of piperidine rings is 1. The summed E-state index contributed by atoms with van der Waals surface area (Å²) in [5, 5.41) is 10.6. The topological polar surface area (TPSA) is 98.9 Å². The Morgan fingerprint density at radius 1 is 1.00 bits per heavy atom. The van der Waals surface area contributed by atoms with Crippen molar-refractivity contribution in [2.24, 2.45) is 5.92 Å². The zero-order chi connectivity index (χ0) is 30.5. The predicted octanol–water partition coefficient (Wildman–Crippen LogP) is 6.31. The third kappa shape index (κ3) is 5.24. The maximum Gasteiger partial charge on any atom is 0.335 e. The minimum atomic E-state index is -0.932. The highest BCUT2D eigenvalue weighted by atomic mass is 16.7. The molecule has 45 heavy (non-hydrogen) atoms. The molecule has 0 bridgehead atoms. The van der Waals surface area contributed by atoms with Crippen LogP contribution in [-0.4, -0.2) is 56.3 Å². The van der Waals surface area contributed by atoms with Crippen LogP contribution in [0, 0.1) is 5.92 Å². The van der Waals surface area contributed by atoms with E-state index in [1.54, 1.807) is 12.1 Å². The monoisotopic (exact) mass is 604 g/mol. The van der Waals surface area contributed by atoms with Crippen LogP contribution in [0.4, 0.5) is 0 Å². The van der Waals surface area contributed by atoms with E-state index in [2.05, 4.69) is 44.8 Å². The van der Waals surface area contributed by atoms with E-state index in [0.717, 1.165) is 83.6 Å². The summed E-state index contributed by atoms with van der Waals surface area (Å²) in [5.74, 6) is 0.292. The van der Waals surface area contributed by atoms with Gasteiger partial charge in [0.2, 0.25) is 5.79 Å². The van der Waals surface area contributed by atoms with Crippen molar-refractivity contribution in [3.63, 3.8) is 0 Å². The predicted molar refractivity (Wildman–Crippen MR) is 169 cm³/mol. The third-order valence-corrected chi connectivity index (χ3v) is 9.69. The first-order valence-electron chi connectivity index (χ1n) is 15.8. The number of ether oxygens (including phenoxy) is 3. The van der Waals surface area contributed by atoms with Gasteiger partial charge in [0.1, 0.15) is 11.6 Å². The number of aromatic carboxylic acids is 1. The van der Waals surface area contributed by atoms with Gasteiger partial charge in [-0.15, -0.1) is 0 Å². The van der Waals surface area contributed by atoms with Gasteiger partial charge in [-0.1, -0.05) is 30.3 Å². The molecular weight excluding hydrogens is 568 g/mol. The molecule has 0 spiro atoms. The third-order valence-electron chi connectivity index (χ3n) is 9.69. The van der Waals surface area contributed by atoms with Crippen LogP contribution in [-0.2, 0) is 28.4 Å². The minimum absolute atomic E-state index is 0.0959. The molecule has 0 aliphatic carbocycles. The molecule has 2 fully saturated rings. The summed E-state index contributed by atoms with van der Waals surface area (Å²) in [4.78, 5) is 23.6. The Balaban J connectivity index is 1.02. The number of hydrogen-bond donors (Lipinski definition) is 1. The Morgan fingerprint density at radius 3 is 2.62 bits per heavy atom. The Hall–Kier alpha value is -4.31. The van der Waals surface area contributed by atoms with Crippen LogP contribution in [0.1, 0.15) is 59.6 Å². The summed E-state index contributed by atoms with van der Waals surface area (Å²) in [6, 6.07) is 23.7. The number of carbonyl (C=O) groups is 1. The van der Waals surface area contributed by atoms with Gasteiger partial charge in [-0.25, -0.2) is 9.78 Å². The average Bonchev–Trinajstić information content (AvgIpc) is 3.38. The number of imidazole rings is 1. The van der Waals surface area contributed by atoms with Crippen LogP contribution in [0.25, 0.3) is 21.9 Å². The van der Waals surface area contributed by atoms with Crippen LogP contribution in [0.3, 0.4) is 0 Å².